The fourth-order valence-corrected chi connectivity index (χ4v) is 1.72. The molecule has 0 atom stereocenters. The van der Waals surface area contributed by atoms with Gasteiger partial charge in [0.2, 0.25) is 0 Å². The van der Waals surface area contributed by atoms with Crippen molar-refractivity contribution >= 4 is 0 Å². The number of nitrogens with zero attached hydrogens (tertiary/aromatic N) is 1. The summed E-state index contributed by atoms with van der Waals surface area (Å²) in [7, 11) is 0. The number of benzene rings is 1. The van der Waals surface area contributed by atoms with Gasteiger partial charge < -0.3 is 10.2 Å². The molecule has 1 aliphatic heterocycles. The minimum absolute atomic E-state index is 0.521. The highest BCUT2D eigenvalue weighted by Gasteiger charge is 2.04. The van der Waals surface area contributed by atoms with E-state index in [1.54, 1.807) is 6.92 Å². The summed E-state index contributed by atoms with van der Waals surface area (Å²) in [6.45, 7) is 24.5. The van der Waals surface area contributed by atoms with Crippen molar-refractivity contribution in [2.45, 2.75) is 68.7 Å². The molecule has 0 saturated carbocycles. The third-order valence-electron chi connectivity index (χ3n) is 3.48. The summed E-state index contributed by atoms with van der Waals surface area (Å²) in [6, 6.07) is 3.42. The van der Waals surface area contributed by atoms with Gasteiger partial charge >= 0.3 is 0 Å². The molecule has 1 fully saturated rings. The molecule has 0 spiro atoms. The lowest BCUT2D eigenvalue weighted by molar-refractivity contribution is 0.253. The Morgan fingerprint density at radius 1 is 0.923 bits per heavy atom. The molecule has 1 aliphatic rings. The molecule has 4 heteroatoms. The summed E-state index contributed by atoms with van der Waals surface area (Å²) in [5.74, 6) is -0.157. The quantitative estimate of drug-likeness (QED) is 0.654. The van der Waals surface area contributed by atoms with E-state index in [0.29, 0.717) is 5.56 Å². The van der Waals surface area contributed by atoms with Crippen LogP contribution in [0.5, 0.6) is 0 Å². The van der Waals surface area contributed by atoms with Crippen LogP contribution in [0.4, 0.5) is 8.78 Å². The monoisotopic (exact) mass is 374 g/mol. The zero-order chi connectivity index (χ0) is 21.0. The van der Waals surface area contributed by atoms with Gasteiger partial charge in [-0.05, 0) is 37.1 Å². The van der Waals surface area contributed by atoms with Crippen LogP contribution >= 0.6 is 0 Å². The van der Waals surface area contributed by atoms with E-state index in [9.17, 15) is 8.78 Å². The van der Waals surface area contributed by atoms with Gasteiger partial charge in [-0.1, -0.05) is 61.8 Å². The van der Waals surface area contributed by atoms with Crippen LogP contribution in [-0.4, -0.2) is 37.6 Å². The SMILES string of the molecule is CC.CC.CCC(C)C.CCN1CCNCC1.Cc1cc(F)cc(F)c1. The van der Waals surface area contributed by atoms with E-state index in [-0.39, 0.29) is 0 Å². The molecule has 1 heterocycles. The lowest BCUT2D eigenvalue weighted by Crippen LogP contribution is -2.43. The first-order valence-electron chi connectivity index (χ1n) is 10.2. The molecule has 156 valence electrons. The van der Waals surface area contributed by atoms with E-state index >= 15 is 0 Å². The molecule has 1 aromatic carbocycles. The Morgan fingerprint density at radius 2 is 1.31 bits per heavy atom. The maximum atomic E-state index is 12.2. The van der Waals surface area contributed by atoms with E-state index in [1.165, 1.54) is 51.3 Å². The smallest absolute Gasteiger partial charge is 0.126 e. The largest absolute Gasteiger partial charge is 0.314 e. The first kappa shape index (κ1) is 29.8. The second kappa shape index (κ2) is 22.0. The second-order valence-electron chi connectivity index (χ2n) is 5.93. The van der Waals surface area contributed by atoms with Gasteiger partial charge in [0.1, 0.15) is 11.6 Å². The number of likely N-dealkylation sites (N-methyl/N-ethyl adjacent to an activating group) is 1. The normalized spacial score (nSPS) is 12.9. The van der Waals surface area contributed by atoms with Gasteiger partial charge in [0.25, 0.3) is 0 Å². The Kier molecular flexibility index (Phi) is 25.2. The summed E-state index contributed by atoms with van der Waals surface area (Å²) >= 11 is 0. The number of hydrogen-bond acceptors (Lipinski definition) is 2. The molecule has 0 aliphatic carbocycles. The Hall–Kier alpha value is -1.00. The summed E-state index contributed by atoms with van der Waals surface area (Å²) in [5.41, 5.74) is 0.604. The van der Waals surface area contributed by atoms with E-state index in [2.05, 4.69) is 37.9 Å². The van der Waals surface area contributed by atoms with Crippen LogP contribution in [-0.2, 0) is 0 Å². The maximum absolute atomic E-state index is 12.2. The van der Waals surface area contributed by atoms with Gasteiger partial charge in [0, 0.05) is 32.2 Å². The average Bonchev–Trinajstić information content (AvgIpc) is 2.65. The van der Waals surface area contributed by atoms with Gasteiger partial charge in [-0.3, -0.25) is 0 Å². The minimum atomic E-state index is -0.521. The summed E-state index contributed by atoms with van der Waals surface area (Å²) in [5, 5.41) is 3.31. The topological polar surface area (TPSA) is 15.3 Å². The van der Waals surface area contributed by atoms with Crippen LogP contribution in [0, 0.1) is 24.5 Å². The molecular weight excluding hydrogens is 330 g/mol. The van der Waals surface area contributed by atoms with Gasteiger partial charge in [-0.2, -0.15) is 0 Å². The predicted octanol–water partition coefficient (Wildman–Crippen LogP) is 6.29. The van der Waals surface area contributed by atoms with Crippen LogP contribution in [0.1, 0.15) is 67.4 Å². The molecule has 0 bridgehead atoms. The lowest BCUT2D eigenvalue weighted by Gasteiger charge is -2.25. The van der Waals surface area contributed by atoms with Crippen LogP contribution < -0.4 is 5.32 Å². The minimum Gasteiger partial charge on any atom is -0.314 e. The van der Waals surface area contributed by atoms with Crippen molar-refractivity contribution in [3.63, 3.8) is 0 Å². The maximum Gasteiger partial charge on any atom is 0.126 e. The summed E-state index contributed by atoms with van der Waals surface area (Å²) in [4.78, 5) is 2.45. The highest BCUT2D eigenvalue weighted by atomic mass is 19.1. The number of halogens is 2. The van der Waals surface area contributed by atoms with E-state index in [1.807, 2.05) is 27.7 Å². The van der Waals surface area contributed by atoms with Crippen molar-refractivity contribution < 1.29 is 8.78 Å². The van der Waals surface area contributed by atoms with E-state index < -0.39 is 11.6 Å². The van der Waals surface area contributed by atoms with Crippen molar-refractivity contribution in [3.8, 4) is 0 Å². The third kappa shape index (κ3) is 21.0. The molecule has 26 heavy (non-hydrogen) atoms. The number of hydrogen-bond donors (Lipinski definition) is 1. The number of nitrogens with one attached hydrogen (secondary N) is 1. The average molecular weight is 375 g/mol. The van der Waals surface area contributed by atoms with Crippen LogP contribution in [0.15, 0.2) is 18.2 Å². The molecule has 0 aromatic heterocycles. The zero-order valence-corrected chi connectivity index (χ0v) is 18.8. The standard InChI is InChI=1S/C7H6F2.C6H14N2.C5H12.2C2H6/c1-5-2-6(8)4-7(9)3-5;1-2-8-5-3-7-4-6-8;1-4-5(2)3;2*1-2/h2-4H,1H3;7H,2-6H2,1H3;5H,4H2,1-3H3;2*1-2H3. The van der Waals surface area contributed by atoms with Crippen molar-refractivity contribution in [3.05, 3.63) is 35.4 Å². The molecule has 0 radical (unpaired) electrons. The highest BCUT2D eigenvalue weighted by molar-refractivity contribution is 5.15. The van der Waals surface area contributed by atoms with Gasteiger partial charge in [-0.15, -0.1) is 0 Å². The molecule has 0 amide bonds. The Balaban J connectivity index is -0.000000287. The molecular formula is C22H44F2N2. The fraction of sp³-hybridized carbons (Fsp3) is 0.727. The van der Waals surface area contributed by atoms with Crippen LogP contribution in [0.25, 0.3) is 0 Å². The Bertz CT molecular complexity index is 339. The molecule has 1 aromatic rings. The number of aryl methyl sites for hydroxylation is 1. The predicted molar refractivity (Wildman–Crippen MR) is 114 cm³/mol. The van der Waals surface area contributed by atoms with E-state index in [0.717, 1.165) is 12.0 Å². The first-order chi connectivity index (χ1) is 12.4. The summed E-state index contributed by atoms with van der Waals surface area (Å²) in [6.07, 6.45) is 1.31. The van der Waals surface area contributed by atoms with Gasteiger partial charge in [-0.25, -0.2) is 8.78 Å². The summed E-state index contributed by atoms with van der Waals surface area (Å²) < 4.78 is 24.4. The molecule has 0 unspecified atom stereocenters. The van der Waals surface area contributed by atoms with Gasteiger partial charge in [0.15, 0.2) is 0 Å². The van der Waals surface area contributed by atoms with E-state index in [4.69, 9.17) is 0 Å². The van der Waals surface area contributed by atoms with Crippen molar-refractivity contribution in [1.29, 1.82) is 0 Å². The molecule has 1 saturated heterocycles. The van der Waals surface area contributed by atoms with Crippen molar-refractivity contribution in [1.82, 2.24) is 10.2 Å². The highest BCUT2D eigenvalue weighted by Crippen LogP contribution is 2.05. The number of piperazine rings is 1. The van der Waals surface area contributed by atoms with Crippen molar-refractivity contribution in [2.24, 2.45) is 5.92 Å². The fourth-order valence-electron chi connectivity index (χ4n) is 1.72. The second-order valence-corrected chi connectivity index (χ2v) is 5.93. The first-order valence-corrected chi connectivity index (χ1v) is 10.2. The third-order valence-corrected chi connectivity index (χ3v) is 3.48. The Morgan fingerprint density at radius 3 is 1.54 bits per heavy atom. The van der Waals surface area contributed by atoms with Crippen molar-refractivity contribution in [2.75, 3.05) is 32.7 Å². The van der Waals surface area contributed by atoms with Crippen LogP contribution in [0.2, 0.25) is 0 Å². The zero-order valence-electron chi connectivity index (χ0n) is 18.8. The molecule has 2 rings (SSSR count). The lowest BCUT2D eigenvalue weighted by atomic mass is 10.2. The molecule has 1 N–H and O–H groups in total. The molecule has 2 nitrogen and oxygen atoms in total. The van der Waals surface area contributed by atoms with Crippen LogP contribution in [0.3, 0.4) is 0 Å². The Labute approximate surface area is 162 Å². The van der Waals surface area contributed by atoms with Gasteiger partial charge in [0.05, 0.1) is 0 Å². The number of rotatable bonds is 2.